The van der Waals surface area contributed by atoms with Gasteiger partial charge in [-0.2, -0.15) is 0 Å². The van der Waals surface area contributed by atoms with Crippen LogP contribution in [0.25, 0.3) is 0 Å². The number of hydrogen-bond acceptors (Lipinski definition) is 1. The van der Waals surface area contributed by atoms with E-state index in [9.17, 15) is 0 Å². The maximum absolute atomic E-state index is 5.92. The molecule has 126 valence electrons. The van der Waals surface area contributed by atoms with Gasteiger partial charge in [-0.25, -0.2) is 0 Å². The maximum atomic E-state index is 5.92. The molecule has 23 heavy (non-hydrogen) atoms. The Kier molecular flexibility index (Phi) is 7.51. The summed E-state index contributed by atoms with van der Waals surface area (Å²) in [5.74, 6) is 0. The molecule has 0 spiro atoms. The highest BCUT2D eigenvalue weighted by molar-refractivity contribution is 5.42. The lowest BCUT2D eigenvalue weighted by Crippen LogP contribution is -2.18. The Hall–Kier alpha value is -1.60. The molecular weight excluding hydrogens is 278 g/mol. The van der Waals surface area contributed by atoms with Gasteiger partial charge < -0.3 is 5.73 Å². The molecule has 0 radical (unpaired) electrons. The van der Waals surface area contributed by atoms with Gasteiger partial charge >= 0.3 is 0 Å². The molecule has 0 amide bonds. The SMILES string of the molecule is CC.Cc1cc(C)cc(Cc2c(C)cc(C[C@H](C)N)cc2C)c1. The van der Waals surface area contributed by atoms with Crippen LogP contribution >= 0.6 is 0 Å². The molecule has 0 unspecified atom stereocenters. The second-order valence-corrected chi connectivity index (χ2v) is 6.56. The van der Waals surface area contributed by atoms with Crippen molar-refractivity contribution in [3.63, 3.8) is 0 Å². The van der Waals surface area contributed by atoms with E-state index in [1.807, 2.05) is 13.8 Å². The van der Waals surface area contributed by atoms with E-state index in [0.717, 1.165) is 12.8 Å². The van der Waals surface area contributed by atoms with Crippen LogP contribution in [0.3, 0.4) is 0 Å². The van der Waals surface area contributed by atoms with Crippen molar-refractivity contribution in [3.8, 4) is 0 Å². The van der Waals surface area contributed by atoms with Gasteiger partial charge in [0.15, 0.2) is 0 Å². The topological polar surface area (TPSA) is 26.0 Å². The summed E-state index contributed by atoms with van der Waals surface area (Å²) in [7, 11) is 0. The summed E-state index contributed by atoms with van der Waals surface area (Å²) in [4.78, 5) is 0. The van der Waals surface area contributed by atoms with Gasteiger partial charge in [0, 0.05) is 6.04 Å². The lowest BCUT2D eigenvalue weighted by atomic mass is 9.91. The lowest BCUT2D eigenvalue weighted by Gasteiger charge is -2.15. The van der Waals surface area contributed by atoms with Crippen LogP contribution < -0.4 is 5.73 Å². The summed E-state index contributed by atoms with van der Waals surface area (Å²) >= 11 is 0. The largest absolute Gasteiger partial charge is 0.328 e. The Bertz CT molecular complexity index is 595. The number of rotatable bonds is 4. The number of nitrogens with two attached hydrogens (primary N) is 1. The molecule has 0 bridgehead atoms. The van der Waals surface area contributed by atoms with E-state index in [0.29, 0.717) is 0 Å². The van der Waals surface area contributed by atoms with Crippen LogP contribution in [0.15, 0.2) is 30.3 Å². The van der Waals surface area contributed by atoms with Gasteiger partial charge in [-0.15, -0.1) is 0 Å². The lowest BCUT2D eigenvalue weighted by molar-refractivity contribution is 0.736. The van der Waals surface area contributed by atoms with Crippen LogP contribution in [-0.4, -0.2) is 6.04 Å². The van der Waals surface area contributed by atoms with Gasteiger partial charge in [0.2, 0.25) is 0 Å². The van der Waals surface area contributed by atoms with Crippen molar-refractivity contribution in [3.05, 3.63) is 69.3 Å². The van der Waals surface area contributed by atoms with Crippen LogP contribution in [-0.2, 0) is 12.8 Å². The Balaban J connectivity index is 0.00000127. The first-order valence-electron chi connectivity index (χ1n) is 8.77. The van der Waals surface area contributed by atoms with Crippen molar-refractivity contribution >= 4 is 0 Å². The average molecular weight is 312 g/mol. The van der Waals surface area contributed by atoms with Gasteiger partial charge in [0.1, 0.15) is 0 Å². The number of benzene rings is 2. The van der Waals surface area contributed by atoms with Crippen LogP contribution in [0.4, 0.5) is 0 Å². The minimum atomic E-state index is 0.217. The van der Waals surface area contributed by atoms with E-state index >= 15 is 0 Å². The van der Waals surface area contributed by atoms with E-state index in [2.05, 4.69) is 65.0 Å². The van der Waals surface area contributed by atoms with Gasteiger partial charge in [0.25, 0.3) is 0 Å². The summed E-state index contributed by atoms with van der Waals surface area (Å²) in [6.45, 7) is 14.8. The van der Waals surface area contributed by atoms with Crippen molar-refractivity contribution in [2.45, 2.75) is 67.3 Å². The first kappa shape index (κ1) is 19.4. The average Bonchev–Trinajstić information content (AvgIpc) is 2.43. The fourth-order valence-electron chi connectivity index (χ4n) is 3.23. The second-order valence-electron chi connectivity index (χ2n) is 6.56. The van der Waals surface area contributed by atoms with Crippen molar-refractivity contribution in [1.82, 2.24) is 0 Å². The van der Waals surface area contributed by atoms with Crippen LogP contribution in [0.5, 0.6) is 0 Å². The Labute approximate surface area is 142 Å². The predicted octanol–water partition coefficient (Wildman–Crippen LogP) is 5.43. The number of hydrogen-bond donors (Lipinski definition) is 1. The fraction of sp³-hybridized carbons (Fsp3) is 0.455. The van der Waals surface area contributed by atoms with E-state index in [1.54, 1.807) is 0 Å². The van der Waals surface area contributed by atoms with Crippen LogP contribution in [0.1, 0.15) is 59.7 Å². The van der Waals surface area contributed by atoms with Crippen molar-refractivity contribution in [1.29, 1.82) is 0 Å². The molecule has 0 heterocycles. The molecule has 2 aromatic carbocycles. The zero-order valence-corrected chi connectivity index (χ0v) is 16.0. The number of aryl methyl sites for hydroxylation is 4. The standard InChI is InChI=1S/C20H27N.C2H6/c1-13-6-14(2)8-18(7-13)12-20-15(3)9-19(10-16(20)4)11-17(5)21;1-2/h6-10,17H,11-12,21H2,1-5H3;1-2H3/t17-;/m0./s1. The summed E-state index contributed by atoms with van der Waals surface area (Å²) in [5.41, 5.74) is 15.6. The predicted molar refractivity (Wildman–Crippen MR) is 103 cm³/mol. The highest BCUT2D eigenvalue weighted by Gasteiger charge is 2.08. The summed E-state index contributed by atoms with van der Waals surface area (Å²) in [6, 6.07) is 11.6. The quantitative estimate of drug-likeness (QED) is 0.801. The zero-order valence-electron chi connectivity index (χ0n) is 16.0. The summed E-state index contributed by atoms with van der Waals surface area (Å²) in [5, 5.41) is 0. The monoisotopic (exact) mass is 311 g/mol. The van der Waals surface area contributed by atoms with Crippen molar-refractivity contribution in [2.24, 2.45) is 5.73 Å². The molecule has 2 aromatic rings. The zero-order chi connectivity index (χ0) is 17.6. The fourth-order valence-corrected chi connectivity index (χ4v) is 3.23. The summed E-state index contributed by atoms with van der Waals surface area (Å²) < 4.78 is 0. The van der Waals surface area contributed by atoms with Crippen molar-refractivity contribution < 1.29 is 0 Å². The second kappa shape index (κ2) is 8.88. The Morgan fingerprint density at radius 1 is 0.783 bits per heavy atom. The molecule has 0 aliphatic heterocycles. The molecule has 0 saturated carbocycles. The third-order valence-corrected chi connectivity index (χ3v) is 3.98. The minimum absolute atomic E-state index is 0.217. The smallest absolute Gasteiger partial charge is 0.00509 e. The van der Waals surface area contributed by atoms with Gasteiger partial charge in [-0.1, -0.05) is 55.3 Å². The van der Waals surface area contributed by atoms with Gasteiger partial charge in [-0.3, -0.25) is 0 Å². The van der Waals surface area contributed by atoms with Crippen LogP contribution in [0.2, 0.25) is 0 Å². The molecule has 2 N–H and O–H groups in total. The van der Waals surface area contributed by atoms with E-state index < -0.39 is 0 Å². The normalized spacial score (nSPS) is 11.7. The molecule has 1 nitrogen and oxygen atoms in total. The molecule has 2 rings (SSSR count). The Morgan fingerprint density at radius 3 is 1.70 bits per heavy atom. The molecule has 0 aliphatic rings. The van der Waals surface area contributed by atoms with Gasteiger partial charge in [-0.05, 0) is 75.3 Å². The van der Waals surface area contributed by atoms with Gasteiger partial charge in [0.05, 0.1) is 0 Å². The van der Waals surface area contributed by atoms with E-state index in [1.165, 1.54) is 38.9 Å². The minimum Gasteiger partial charge on any atom is -0.328 e. The van der Waals surface area contributed by atoms with Crippen molar-refractivity contribution in [2.75, 3.05) is 0 Å². The Morgan fingerprint density at radius 2 is 1.26 bits per heavy atom. The molecule has 0 aromatic heterocycles. The molecule has 0 fully saturated rings. The van der Waals surface area contributed by atoms with E-state index in [-0.39, 0.29) is 6.04 Å². The summed E-state index contributed by atoms with van der Waals surface area (Å²) in [6.07, 6.45) is 1.96. The first-order chi connectivity index (χ1) is 10.8. The molecule has 1 heteroatoms. The third kappa shape index (κ3) is 5.84. The van der Waals surface area contributed by atoms with E-state index in [4.69, 9.17) is 5.73 Å². The molecule has 0 aliphatic carbocycles. The highest BCUT2D eigenvalue weighted by atomic mass is 14.6. The third-order valence-electron chi connectivity index (χ3n) is 3.98. The maximum Gasteiger partial charge on any atom is 0.00509 e. The molecular formula is C22H33N. The molecule has 0 saturated heterocycles. The molecule has 1 atom stereocenters. The van der Waals surface area contributed by atoms with Crippen LogP contribution in [0, 0.1) is 27.7 Å². The first-order valence-corrected chi connectivity index (χ1v) is 8.77. The highest BCUT2D eigenvalue weighted by Crippen LogP contribution is 2.22.